The molecule has 96 valence electrons. The normalized spacial score (nSPS) is 38.0. The molecule has 0 aromatic heterocycles. The number of fused-ring (bicyclic) bond motifs is 1. The maximum absolute atomic E-state index is 11.4. The van der Waals surface area contributed by atoms with Crippen molar-refractivity contribution < 1.29 is 14.3 Å². The van der Waals surface area contributed by atoms with E-state index in [0.29, 0.717) is 12.5 Å². The van der Waals surface area contributed by atoms with Gasteiger partial charge in [0.15, 0.2) is 0 Å². The number of rotatable bonds is 3. The molecule has 4 heteroatoms. The van der Waals surface area contributed by atoms with Gasteiger partial charge in [0.25, 0.3) is 5.91 Å². The predicted molar refractivity (Wildman–Crippen MR) is 64.2 cm³/mol. The summed E-state index contributed by atoms with van der Waals surface area (Å²) in [7, 11) is 0. The maximum Gasteiger partial charge on any atom is 0.256 e. The van der Waals surface area contributed by atoms with Crippen molar-refractivity contribution in [1.82, 2.24) is 5.32 Å². The van der Waals surface area contributed by atoms with Crippen LogP contribution in [0.1, 0.15) is 32.1 Å². The molecule has 2 amide bonds. The lowest BCUT2D eigenvalue weighted by atomic mass is 10.1. The Morgan fingerprint density at radius 2 is 1.83 bits per heavy atom. The third kappa shape index (κ3) is 2.28. The van der Waals surface area contributed by atoms with Crippen molar-refractivity contribution in [3.63, 3.8) is 0 Å². The smallest absolute Gasteiger partial charge is 0.256 e. The summed E-state index contributed by atoms with van der Waals surface area (Å²) in [4.78, 5) is 22.4. The first-order chi connectivity index (χ1) is 8.75. The Morgan fingerprint density at radius 1 is 1.17 bits per heavy atom. The van der Waals surface area contributed by atoms with E-state index < -0.39 is 6.10 Å². The van der Waals surface area contributed by atoms with Gasteiger partial charge in [0, 0.05) is 12.8 Å². The van der Waals surface area contributed by atoms with Gasteiger partial charge in [-0.05, 0) is 30.6 Å². The third-order valence-electron chi connectivity index (χ3n) is 4.25. The summed E-state index contributed by atoms with van der Waals surface area (Å²) in [6, 6.07) is 0. The molecule has 1 N–H and O–H groups in total. The Labute approximate surface area is 106 Å². The highest BCUT2D eigenvalue weighted by molar-refractivity contribution is 6.04. The van der Waals surface area contributed by atoms with Gasteiger partial charge < -0.3 is 4.74 Å². The minimum Gasteiger partial charge on any atom is -0.368 e. The van der Waals surface area contributed by atoms with Crippen LogP contribution < -0.4 is 5.32 Å². The fourth-order valence-corrected chi connectivity index (χ4v) is 3.17. The molecule has 1 saturated carbocycles. The van der Waals surface area contributed by atoms with Crippen LogP contribution >= 0.6 is 0 Å². The lowest BCUT2D eigenvalue weighted by molar-refractivity contribution is -0.130. The standard InChI is InChI=1S/C14H17NO3/c16-13-7-12(14(17)15-13)18-8-11-9-5-3-1-2-4-6-10(9)11/h9-12H,3-8H2,(H,15,16,17)/t9-,10+,11?,12?. The number of ether oxygens (including phenoxy) is 1. The molecule has 0 aromatic rings. The monoisotopic (exact) mass is 247 g/mol. The first-order valence-electron chi connectivity index (χ1n) is 6.66. The van der Waals surface area contributed by atoms with Crippen LogP contribution in [0.4, 0.5) is 0 Å². The number of carbonyl (C=O) groups is 2. The third-order valence-corrected chi connectivity index (χ3v) is 4.25. The fraction of sp³-hybridized carbons (Fsp3) is 0.714. The second-order valence-corrected chi connectivity index (χ2v) is 5.36. The molecular weight excluding hydrogens is 230 g/mol. The molecule has 18 heavy (non-hydrogen) atoms. The van der Waals surface area contributed by atoms with Crippen molar-refractivity contribution in [3.05, 3.63) is 0 Å². The molecular formula is C14H17NO3. The van der Waals surface area contributed by atoms with Crippen LogP contribution in [0.25, 0.3) is 0 Å². The number of hydrogen-bond acceptors (Lipinski definition) is 3. The molecule has 0 aromatic carbocycles. The van der Waals surface area contributed by atoms with Crippen molar-refractivity contribution in [3.8, 4) is 11.8 Å². The number of nitrogens with one attached hydrogen (secondary N) is 1. The van der Waals surface area contributed by atoms with E-state index in [0.717, 1.165) is 37.5 Å². The highest BCUT2D eigenvalue weighted by atomic mass is 16.5. The molecule has 1 heterocycles. The fourth-order valence-electron chi connectivity index (χ4n) is 3.17. The zero-order valence-electron chi connectivity index (χ0n) is 10.3. The van der Waals surface area contributed by atoms with E-state index in [1.165, 1.54) is 0 Å². The topological polar surface area (TPSA) is 55.4 Å². The summed E-state index contributed by atoms with van der Waals surface area (Å²) in [5.41, 5.74) is 0. The second kappa shape index (κ2) is 4.74. The van der Waals surface area contributed by atoms with Crippen LogP contribution in [0.5, 0.6) is 0 Å². The first kappa shape index (κ1) is 11.7. The van der Waals surface area contributed by atoms with Gasteiger partial charge in [-0.2, -0.15) is 0 Å². The number of carbonyl (C=O) groups excluding carboxylic acids is 2. The van der Waals surface area contributed by atoms with E-state index in [2.05, 4.69) is 17.2 Å². The molecule has 3 aliphatic rings. The van der Waals surface area contributed by atoms with Gasteiger partial charge in [-0.1, -0.05) is 0 Å². The highest BCUT2D eigenvalue weighted by Crippen LogP contribution is 2.52. The van der Waals surface area contributed by atoms with Crippen LogP contribution in [-0.2, 0) is 14.3 Å². The minimum atomic E-state index is -0.555. The molecule has 2 fully saturated rings. The number of imide groups is 1. The lowest BCUT2D eigenvalue weighted by Gasteiger charge is -2.07. The van der Waals surface area contributed by atoms with Crippen LogP contribution in [0.3, 0.4) is 0 Å². The molecule has 2 unspecified atom stereocenters. The predicted octanol–water partition coefficient (Wildman–Crippen LogP) is 0.858. The molecule has 1 saturated heterocycles. The van der Waals surface area contributed by atoms with Gasteiger partial charge in [0.2, 0.25) is 5.91 Å². The quantitative estimate of drug-likeness (QED) is 0.594. The van der Waals surface area contributed by atoms with Crippen LogP contribution in [0, 0.1) is 29.6 Å². The zero-order chi connectivity index (χ0) is 12.5. The summed E-state index contributed by atoms with van der Waals surface area (Å²) >= 11 is 0. The van der Waals surface area contributed by atoms with Crippen molar-refractivity contribution >= 4 is 11.8 Å². The maximum atomic E-state index is 11.4. The summed E-state index contributed by atoms with van der Waals surface area (Å²) in [5.74, 6) is 7.86. The van der Waals surface area contributed by atoms with Gasteiger partial charge >= 0.3 is 0 Å². The zero-order valence-corrected chi connectivity index (χ0v) is 10.3. The summed E-state index contributed by atoms with van der Waals surface area (Å²) in [5, 5.41) is 2.27. The average Bonchev–Trinajstić information content (AvgIpc) is 2.81. The van der Waals surface area contributed by atoms with Crippen molar-refractivity contribution in [2.75, 3.05) is 6.61 Å². The summed E-state index contributed by atoms with van der Waals surface area (Å²) in [6.07, 6.45) is 3.91. The van der Waals surface area contributed by atoms with Crippen LogP contribution in [0.2, 0.25) is 0 Å². The number of hydrogen-bond donors (Lipinski definition) is 1. The highest BCUT2D eigenvalue weighted by Gasteiger charge is 2.49. The van der Waals surface area contributed by atoms with E-state index in [1.54, 1.807) is 0 Å². The Hall–Kier alpha value is -1.34. The van der Waals surface area contributed by atoms with Gasteiger partial charge in [0.1, 0.15) is 6.10 Å². The molecule has 0 spiro atoms. The van der Waals surface area contributed by atoms with Gasteiger partial charge in [-0.25, -0.2) is 0 Å². The SMILES string of the molecule is O=C1CC(OCC2[C@H]3CCC#CCC[C@@H]23)C(=O)N1. The van der Waals surface area contributed by atoms with Gasteiger partial charge in [-0.3, -0.25) is 14.9 Å². The van der Waals surface area contributed by atoms with E-state index in [4.69, 9.17) is 4.74 Å². The summed E-state index contributed by atoms with van der Waals surface area (Å²) < 4.78 is 5.61. The van der Waals surface area contributed by atoms with Crippen molar-refractivity contribution in [2.45, 2.75) is 38.2 Å². The second-order valence-electron chi connectivity index (χ2n) is 5.36. The van der Waals surface area contributed by atoms with Gasteiger partial charge in [0.05, 0.1) is 13.0 Å². The first-order valence-corrected chi connectivity index (χ1v) is 6.66. The molecule has 1 aliphatic heterocycles. The average molecular weight is 247 g/mol. The van der Waals surface area contributed by atoms with E-state index in [9.17, 15) is 9.59 Å². The van der Waals surface area contributed by atoms with E-state index >= 15 is 0 Å². The largest absolute Gasteiger partial charge is 0.368 e. The van der Waals surface area contributed by atoms with Crippen LogP contribution in [-0.4, -0.2) is 24.5 Å². The van der Waals surface area contributed by atoms with Crippen molar-refractivity contribution in [2.24, 2.45) is 17.8 Å². The van der Waals surface area contributed by atoms with E-state index in [1.807, 2.05) is 0 Å². The van der Waals surface area contributed by atoms with E-state index in [-0.39, 0.29) is 18.2 Å². The molecule has 4 nitrogen and oxygen atoms in total. The molecule has 3 rings (SSSR count). The Kier molecular flexibility index (Phi) is 3.09. The lowest BCUT2D eigenvalue weighted by Crippen LogP contribution is -2.27. The van der Waals surface area contributed by atoms with Crippen LogP contribution in [0.15, 0.2) is 0 Å². The Morgan fingerprint density at radius 3 is 2.39 bits per heavy atom. The number of amides is 2. The summed E-state index contributed by atoms with van der Waals surface area (Å²) in [6.45, 7) is 0.612. The van der Waals surface area contributed by atoms with Crippen molar-refractivity contribution in [1.29, 1.82) is 0 Å². The molecule has 4 atom stereocenters. The Balaban J connectivity index is 1.48. The molecule has 0 radical (unpaired) electrons. The molecule has 0 bridgehead atoms. The Bertz CT molecular complexity index is 416. The minimum absolute atomic E-state index is 0.185. The molecule has 2 aliphatic carbocycles. The van der Waals surface area contributed by atoms with Gasteiger partial charge in [-0.15, -0.1) is 11.8 Å².